The fourth-order valence-corrected chi connectivity index (χ4v) is 2.09. The van der Waals surface area contributed by atoms with E-state index in [1.807, 2.05) is 13.0 Å². The largest absolute Gasteiger partial charge is 0.398 e. The molecule has 2 aromatic rings. The molecule has 0 fully saturated rings. The number of nitrogens with zero attached hydrogens (tertiary/aromatic N) is 1. The van der Waals surface area contributed by atoms with Crippen LogP contribution in [0.3, 0.4) is 0 Å². The number of nitrogens with two attached hydrogens (primary N) is 1. The number of benzene rings is 1. The van der Waals surface area contributed by atoms with Crippen LogP contribution in [0.4, 0.5) is 10.1 Å². The smallest absolute Gasteiger partial charge is 0.149 e. The number of aryl methyl sites for hydroxylation is 1. The molecule has 0 saturated carbocycles. The van der Waals surface area contributed by atoms with Crippen LogP contribution in [0.2, 0.25) is 0 Å². The molecule has 2 nitrogen and oxygen atoms in total. The maximum Gasteiger partial charge on any atom is 0.149 e. The first kappa shape index (κ1) is 11.8. The average molecular weight is 232 g/mol. The van der Waals surface area contributed by atoms with E-state index < -0.39 is 0 Å². The maximum absolute atomic E-state index is 13.7. The van der Waals surface area contributed by atoms with Crippen molar-refractivity contribution in [3.05, 3.63) is 35.3 Å². The Labute approximate surface area is 101 Å². The van der Waals surface area contributed by atoms with Crippen molar-refractivity contribution in [1.82, 2.24) is 4.98 Å². The summed E-state index contributed by atoms with van der Waals surface area (Å²) < 4.78 is 13.7. The molecule has 2 rings (SSSR count). The summed E-state index contributed by atoms with van der Waals surface area (Å²) in [7, 11) is 0. The maximum atomic E-state index is 13.7. The van der Waals surface area contributed by atoms with E-state index in [0.29, 0.717) is 17.1 Å². The Morgan fingerprint density at radius 2 is 2.06 bits per heavy atom. The van der Waals surface area contributed by atoms with E-state index >= 15 is 0 Å². The highest BCUT2D eigenvalue weighted by Crippen LogP contribution is 2.26. The minimum absolute atomic E-state index is 0.303. The summed E-state index contributed by atoms with van der Waals surface area (Å²) in [6.07, 6.45) is 0.813. The van der Waals surface area contributed by atoms with Crippen LogP contribution >= 0.6 is 0 Å². The highest BCUT2D eigenvalue weighted by atomic mass is 19.1. The average Bonchev–Trinajstić information content (AvgIpc) is 2.22. The molecule has 0 radical (unpaired) electrons. The molecule has 90 valence electrons. The summed E-state index contributed by atoms with van der Waals surface area (Å²) in [6.45, 7) is 6.13. The van der Waals surface area contributed by atoms with Gasteiger partial charge in [-0.25, -0.2) is 9.37 Å². The zero-order valence-electron chi connectivity index (χ0n) is 10.4. The Morgan fingerprint density at radius 3 is 2.71 bits per heavy atom. The molecule has 1 aromatic carbocycles. The number of pyridine rings is 1. The van der Waals surface area contributed by atoms with Crippen LogP contribution in [-0.4, -0.2) is 4.98 Å². The Hall–Kier alpha value is -1.64. The zero-order valence-corrected chi connectivity index (χ0v) is 10.4. The van der Waals surface area contributed by atoms with Gasteiger partial charge in [0.15, 0.2) is 0 Å². The van der Waals surface area contributed by atoms with E-state index in [2.05, 4.69) is 18.8 Å². The molecule has 0 unspecified atom stereocenters. The van der Waals surface area contributed by atoms with Crippen LogP contribution in [0.15, 0.2) is 18.2 Å². The number of hydrogen-bond acceptors (Lipinski definition) is 2. The summed E-state index contributed by atoms with van der Waals surface area (Å²) in [6, 6.07) is 5.04. The molecule has 2 N–H and O–H groups in total. The molecule has 0 aliphatic heterocycles. The van der Waals surface area contributed by atoms with E-state index in [-0.39, 0.29) is 5.82 Å². The molecule has 0 aliphatic carbocycles. The molecule has 1 heterocycles. The number of anilines is 1. The highest BCUT2D eigenvalue weighted by Gasteiger charge is 2.10. The molecule has 0 saturated heterocycles. The van der Waals surface area contributed by atoms with Crippen molar-refractivity contribution in [3.8, 4) is 0 Å². The number of nitrogen functional groups attached to an aromatic ring is 1. The van der Waals surface area contributed by atoms with E-state index in [1.54, 1.807) is 6.07 Å². The molecule has 0 amide bonds. The van der Waals surface area contributed by atoms with Gasteiger partial charge in [-0.2, -0.15) is 0 Å². The third kappa shape index (κ3) is 2.23. The van der Waals surface area contributed by atoms with Gasteiger partial charge in [-0.1, -0.05) is 19.9 Å². The third-order valence-electron chi connectivity index (χ3n) is 2.82. The van der Waals surface area contributed by atoms with E-state index in [0.717, 1.165) is 23.1 Å². The predicted octanol–water partition coefficient (Wildman–Crippen LogP) is 3.46. The van der Waals surface area contributed by atoms with Crippen LogP contribution in [0.5, 0.6) is 0 Å². The minimum Gasteiger partial charge on any atom is -0.398 e. The summed E-state index contributed by atoms with van der Waals surface area (Å²) in [5.74, 6) is 0.176. The lowest BCUT2D eigenvalue weighted by molar-refractivity contribution is 0.625. The molecular formula is C14H17FN2. The van der Waals surface area contributed by atoms with E-state index in [1.165, 1.54) is 6.07 Å². The fraction of sp³-hybridized carbons (Fsp3) is 0.357. The second-order valence-electron chi connectivity index (χ2n) is 4.89. The second kappa shape index (κ2) is 4.32. The van der Waals surface area contributed by atoms with Crippen molar-refractivity contribution in [3.63, 3.8) is 0 Å². The lowest BCUT2D eigenvalue weighted by atomic mass is 10.0. The first-order chi connectivity index (χ1) is 7.99. The lowest BCUT2D eigenvalue weighted by Crippen LogP contribution is -2.02. The standard InChI is InChI=1S/C14H17FN2/c1-8(2)6-10-7-12(16)13-9(3)4-5-11(15)14(13)17-10/h4-5,7-8H,6H2,1-3H3,(H2,16,17). The summed E-state index contributed by atoms with van der Waals surface area (Å²) in [5.41, 5.74) is 8.82. The predicted molar refractivity (Wildman–Crippen MR) is 69.4 cm³/mol. The SMILES string of the molecule is Cc1ccc(F)c2nc(CC(C)C)cc(N)c12. The van der Waals surface area contributed by atoms with E-state index in [9.17, 15) is 4.39 Å². The van der Waals surface area contributed by atoms with Crippen molar-refractivity contribution in [1.29, 1.82) is 0 Å². The van der Waals surface area contributed by atoms with Gasteiger partial charge in [0, 0.05) is 16.8 Å². The Bertz CT molecular complexity index is 562. The summed E-state index contributed by atoms with van der Waals surface area (Å²) in [4.78, 5) is 4.38. The van der Waals surface area contributed by atoms with Crippen molar-refractivity contribution < 1.29 is 4.39 Å². The highest BCUT2D eigenvalue weighted by molar-refractivity contribution is 5.93. The number of fused-ring (bicyclic) bond motifs is 1. The molecule has 17 heavy (non-hydrogen) atoms. The van der Waals surface area contributed by atoms with Crippen LogP contribution < -0.4 is 5.73 Å². The van der Waals surface area contributed by atoms with Crippen LogP contribution in [0.25, 0.3) is 10.9 Å². The Morgan fingerprint density at radius 1 is 1.35 bits per heavy atom. The quantitative estimate of drug-likeness (QED) is 0.861. The van der Waals surface area contributed by atoms with Gasteiger partial charge in [-0.15, -0.1) is 0 Å². The Balaban J connectivity index is 2.68. The van der Waals surface area contributed by atoms with Crippen molar-refractivity contribution >= 4 is 16.6 Å². The van der Waals surface area contributed by atoms with Crippen LogP contribution in [0.1, 0.15) is 25.1 Å². The van der Waals surface area contributed by atoms with Crippen molar-refractivity contribution in [2.45, 2.75) is 27.2 Å². The van der Waals surface area contributed by atoms with Gasteiger partial charge in [-0.3, -0.25) is 0 Å². The van der Waals surface area contributed by atoms with E-state index in [4.69, 9.17) is 5.73 Å². The molecule has 1 aromatic heterocycles. The minimum atomic E-state index is -0.303. The van der Waals surface area contributed by atoms with Gasteiger partial charge < -0.3 is 5.73 Å². The molecule has 3 heteroatoms. The number of hydrogen-bond donors (Lipinski definition) is 1. The normalized spacial score (nSPS) is 11.4. The van der Waals surface area contributed by atoms with Crippen molar-refractivity contribution in [2.24, 2.45) is 5.92 Å². The molecule has 0 atom stereocenters. The van der Waals surface area contributed by atoms with Gasteiger partial charge >= 0.3 is 0 Å². The van der Waals surface area contributed by atoms with Crippen LogP contribution in [-0.2, 0) is 6.42 Å². The molecule has 0 bridgehead atoms. The second-order valence-corrected chi connectivity index (χ2v) is 4.89. The fourth-order valence-electron chi connectivity index (χ4n) is 2.09. The monoisotopic (exact) mass is 232 g/mol. The van der Waals surface area contributed by atoms with Gasteiger partial charge in [-0.05, 0) is 37.0 Å². The van der Waals surface area contributed by atoms with Crippen LogP contribution in [0, 0.1) is 18.7 Å². The summed E-state index contributed by atoms with van der Waals surface area (Å²) >= 11 is 0. The number of aromatic nitrogens is 1. The number of halogens is 1. The summed E-state index contributed by atoms with van der Waals surface area (Å²) in [5, 5.41) is 0.734. The molecular weight excluding hydrogens is 215 g/mol. The number of rotatable bonds is 2. The van der Waals surface area contributed by atoms with Gasteiger partial charge in [0.1, 0.15) is 11.3 Å². The van der Waals surface area contributed by atoms with Gasteiger partial charge in [0.05, 0.1) is 0 Å². The zero-order chi connectivity index (χ0) is 12.6. The topological polar surface area (TPSA) is 38.9 Å². The van der Waals surface area contributed by atoms with Gasteiger partial charge in [0.2, 0.25) is 0 Å². The van der Waals surface area contributed by atoms with Gasteiger partial charge in [0.25, 0.3) is 0 Å². The Kier molecular flexibility index (Phi) is 3.01. The van der Waals surface area contributed by atoms with Crippen molar-refractivity contribution in [2.75, 3.05) is 5.73 Å². The lowest BCUT2D eigenvalue weighted by Gasteiger charge is -2.10. The third-order valence-corrected chi connectivity index (χ3v) is 2.82. The first-order valence-corrected chi connectivity index (χ1v) is 5.83. The molecule has 0 spiro atoms. The molecule has 0 aliphatic rings. The first-order valence-electron chi connectivity index (χ1n) is 5.83.